The lowest BCUT2D eigenvalue weighted by atomic mass is 10.1. The number of carboxylic acids is 1. The van der Waals surface area contributed by atoms with E-state index >= 15 is 0 Å². The predicted molar refractivity (Wildman–Crippen MR) is 99.0 cm³/mol. The summed E-state index contributed by atoms with van der Waals surface area (Å²) in [4.78, 5) is 23.3. The molecular formula is C19H30N2O5. The third kappa shape index (κ3) is 9.39. The van der Waals surface area contributed by atoms with Crippen LogP contribution in [0.3, 0.4) is 0 Å². The second kappa shape index (κ2) is 9.54. The number of benzene rings is 1. The summed E-state index contributed by atoms with van der Waals surface area (Å²) in [5.41, 5.74) is -0.304. The smallest absolute Gasteiger partial charge is 0.408 e. The number of carboxylic acid groups (broad SMARTS) is 1. The maximum absolute atomic E-state index is 11.9. The molecule has 1 aromatic rings. The SMILES string of the molecule is CC(C)(CNC(COCc1ccccc1)C(=O)O)NC(=O)OC(C)(C)C. The van der Waals surface area contributed by atoms with Crippen molar-refractivity contribution in [3.8, 4) is 0 Å². The molecule has 0 aliphatic rings. The summed E-state index contributed by atoms with van der Waals surface area (Å²) in [6, 6.07) is 8.66. The third-order valence-electron chi connectivity index (χ3n) is 3.32. The lowest BCUT2D eigenvalue weighted by Crippen LogP contribution is -2.55. The molecule has 7 heteroatoms. The van der Waals surface area contributed by atoms with Gasteiger partial charge in [0, 0.05) is 6.54 Å². The van der Waals surface area contributed by atoms with Crippen LogP contribution in [0.5, 0.6) is 0 Å². The van der Waals surface area contributed by atoms with Crippen LogP contribution in [0.15, 0.2) is 30.3 Å². The Morgan fingerprint density at radius 1 is 1.12 bits per heavy atom. The van der Waals surface area contributed by atoms with E-state index in [9.17, 15) is 14.7 Å². The maximum Gasteiger partial charge on any atom is 0.408 e. The Morgan fingerprint density at radius 2 is 1.73 bits per heavy atom. The molecule has 26 heavy (non-hydrogen) atoms. The number of hydrogen-bond acceptors (Lipinski definition) is 5. The molecule has 1 atom stereocenters. The van der Waals surface area contributed by atoms with Crippen LogP contribution in [0.4, 0.5) is 4.79 Å². The number of aliphatic carboxylic acids is 1. The van der Waals surface area contributed by atoms with Crippen molar-refractivity contribution in [3.05, 3.63) is 35.9 Å². The summed E-state index contributed by atoms with van der Waals surface area (Å²) in [7, 11) is 0. The van der Waals surface area contributed by atoms with E-state index < -0.39 is 29.2 Å². The monoisotopic (exact) mass is 366 g/mol. The summed E-state index contributed by atoms with van der Waals surface area (Å²) in [5, 5.41) is 15.0. The number of ether oxygens (including phenoxy) is 2. The van der Waals surface area contributed by atoms with E-state index in [0.29, 0.717) is 6.61 Å². The molecule has 0 fully saturated rings. The summed E-state index contributed by atoms with van der Waals surface area (Å²) in [6.07, 6.45) is -0.545. The van der Waals surface area contributed by atoms with Crippen molar-refractivity contribution in [1.29, 1.82) is 0 Å². The minimum atomic E-state index is -1.01. The molecule has 0 aromatic heterocycles. The first-order valence-corrected chi connectivity index (χ1v) is 8.57. The topological polar surface area (TPSA) is 96.9 Å². The molecule has 1 aromatic carbocycles. The normalized spacial score (nSPS) is 13.1. The lowest BCUT2D eigenvalue weighted by Gasteiger charge is -2.30. The maximum atomic E-state index is 11.9. The number of carbonyl (C=O) groups is 2. The Balaban J connectivity index is 2.46. The van der Waals surface area contributed by atoms with Gasteiger partial charge in [0.15, 0.2) is 0 Å². The summed E-state index contributed by atoms with van der Waals surface area (Å²) in [5.74, 6) is -1.01. The molecule has 1 rings (SSSR count). The van der Waals surface area contributed by atoms with Gasteiger partial charge in [0.2, 0.25) is 0 Å². The Labute approximate surface area is 155 Å². The minimum Gasteiger partial charge on any atom is -0.480 e. The molecular weight excluding hydrogens is 336 g/mol. The molecule has 0 saturated heterocycles. The van der Waals surface area contributed by atoms with Crippen molar-refractivity contribution in [3.63, 3.8) is 0 Å². The first kappa shape index (κ1) is 21.9. The first-order valence-electron chi connectivity index (χ1n) is 8.57. The molecule has 7 nitrogen and oxygen atoms in total. The highest BCUT2D eigenvalue weighted by Gasteiger charge is 2.27. The fraction of sp³-hybridized carbons (Fsp3) is 0.579. The first-order chi connectivity index (χ1) is 12.0. The second-order valence-electron chi connectivity index (χ2n) is 7.78. The minimum absolute atomic E-state index is 0.0206. The highest BCUT2D eigenvalue weighted by Crippen LogP contribution is 2.09. The number of amides is 1. The van der Waals surface area contributed by atoms with Gasteiger partial charge in [-0.3, -0.25) is 4.79 Å². The molecule has 0 aliphatic heterocycles. The average molecular weight is 366 g/mol. The van der Waals surface area contributed by atoms with Crippen LogP contribution in [0.25, 0.3) is 0 Å². The van der Waals surface area contributed by atoms with Crippen molar-refractivity contribution in [2.45, 2.75) is 58.4 Å². The fourth-order valence-corrected chi connectivity index (χ4v) is 2.09. The zero-order valence-corrected chi connectivity index (χ0v) is 16.2. The van der Waals surface area contributed by atoms with Gasteiger partial charge in [0.1, 0.15) is 11.6 Å². The molecule has 0 spiro atoms. The van der Waals surface area contributed by atoms with E-state index in [-0.39, 0.29) is 13.2 Å². The van der Waals surface area contributed by atoms with Crippen molar-refractivity contribution >= 4 is 12.1 Å². The second-order valence-corrected chi connectivity index (χ2v) is 7.78. The summed E-state index contributed by atoms with van der Waals surface area (Å²) < 4.78 is 10.7. The van der Waals surface area contributed by atoms with Gasteiger partial charge in [-0.25, -0.2) is 4.79 Å². The van der Waals surface area contributed by atoms with Crippen LogP contribution >= 0.6 is 0 Å². The molecule has 0 radical (unpaired) electrons. The van der Waals surface area contributed by atoms with Crippen LogP contribution in [-0.2, 0) is 20.9 Å². The Morgan fingerprint density at radius 3 is 2.27 bits per heavy atom. The standard InChI is InChI=1S/C19H30N2O5/c1-18(2,3)26-17(24)21-19(4,5)13-20-15(16(22)23)12-25-11-14-9-7-6-8-10-14/h6-10,15,20H,11-13H2,1-5H3,(H,21,24)(H,22,23). The van der Waals surface area contributed by atoms with Gasteiger partial charge in [-0.1, -0.05) is 30.3 Å². The molecule has 0 aliphatic carbocycles. The van der Waals surface area contributed by atoms with Gasteiger partial charge >= 0.3 is 12.1 Å². The van der Waals surface area contributed by atoms with E-state index in [1.165, 1.54) is 0 Å². The molecule has 3 N–H and O–H groups in total. The molecule has 0 saturated carbocycles. The van der Waals surface area contributed by atoms with Gasteiger partial charge in [-0.15, -0.1) is 0 Å². The number of carbonyl (C=O) groups excluding carboxylic acids is 1. The zero-order valence-electron chi connectivity index (χ0n) is 16.2. The lowest BCUT2D eigenvalue weighted by molar-refractivity contribution is -0.141. The Bertz CT molecular complexity index is 581. The van der Waals surface area contributed by atoms with E-state index in [4.69, 9.17) is 9.47 Å². The van der Waals surface area contributed by atoms with Crippen LogP contribution < -0.4 is 10.6 Å². The Kier molecular flexibility index (Phi) is 8.05. The van der Waals surface area contributed by atoms with E-state index in [1.54, 1.807) is 34.6 Å². The number of hydrogen-bond donors (Lipinski definition) is 3. The zero-order chi connectivity index (χ0) is 19.8. The van der Waals surface area contributed by atoms with Crippen LogP contribution in [0.1, 0.15) is 40.2 Å². The van der Waals surface area contributed by atoms with Gasteiger partial charge in [0.05, 0.1) is 18.8 Å². The van der Waals surface area contributed by atoms with Crippen LogP contribution in [-0.4, -0.2) is 47.5 Å². The van der Waals surface area contributed by atoms with Gasteiger partial charge in [-0.2, -0.15) is 0 Å². The molecule has 1 unspecified atom stereocenters. The van der Waals surface area contributed by atoms with Crippen molar-refractivity contribution in [2.24, 2.45) is 0 Å². The average Bonchev–Trinajstić information content (AvgIpc) is 2.48. The quantitative estimate of drug-likeness (QED) is 0.621. The molecule has 1 amide bonds. The van der Waals surface area contributed by atoms with Crippen LogP contribution in [0, 0.1) is 0 Å². The van der Waals surface area contributed by atoms with Crippen molar-refractivity contribution in [2.75, 3.05) is 13.2 Å². The van der Waals surface area contributed by atoms with E-state index in [2.05, 4.69) is 10.6 Å². The van der Waals surface area contributed by atoms with E-state index in [1.807, 2.05) is 30.3 Å². The van der Waals surface area contributed by atoms with Crippen molar-refractivity contribution < 1.29 is 24.2 Å². The molecule has 0 bridgehead atoms. The summed E-state index contributed by atoms with van der Waals surface area (Å²) in [6.45, 7) is 9.52. The Hall–Kier alpha value is -2.12. The van der Waals surface area contributed by atoms with Gasteiger partial charge in [0.25, 0.3) is 0 Å². The van der Waals surface area contributed by atoms with Gasteiger partial charge < -0.3 is 25.2 Å². The van der Waals surface area contributed by atoms with E-state index in [0.717, 1.165) is 5.56 Å². The number of alkyl carbamates (subject to hydrolysis) is 1. The predicted octanol–water partition coefficient (Wildman–Crippen LogP) is 2.55. The van der Waals surface area contributed by atoms with Crippen molar-refractivity contribution in [1.82, 2.24) is 10.6 Å². The largest absolute Gasteiger partial charge is 0.480 e. The summed E-state index contributed by atoms with van der Waals surface area (Å²) >= 11 is 0. The fourth-order valence-electron chi connectivity index (χ4n) is 2.09. The molecule has 146 valence electrons. The highest BCUT2D eigenvalue weighted by atomic mass is 16.6. The highest BCUT2D eigenvalue weighted by molar-refractivity contribution is 5.73. The van der Waals surface area contributed by atoms with Gasteiger partial charge in [-0.05, 0) is 40.2 Å². The molecule has 0 heterocycles. The third-order valence-corrected chi connectivity index (χ3v) is 3.32. The number of nitrogens with one attached hydrogen (secondary N) is 2. The number of rotatable bonds is 9. The van der Waals surface area contributed by atoms with Crippen LogP contribution in [0.2, 0.25) is 0 Å².